The van der Waals surface area contributed by atoms with Crippen LogP contribution in [0.5, 0.6) is 5.75 Å². The third-order valence-electron chi connectivity index (χ3n) is 2.86. The number of amides is 1. The van der Waals surface area contributed by atoms with Gasteiger partial charge in [0.2, 0.25) is 0 Å². The lowest BCUT2D eigenvalue weighted by Gasteiger charge is -2.10. The first-order chi connectivity index (χ1) is 9.69. The molecule has 0 saturated carbocycles. The Balaban J connectivity index is 1.91. The van der Waals surface area contributed by atoms with Crippen LogP contribution in [0, 0.1) is 3.57 Å². The second-order valence-electron chi connectivity index (χ2n) is 4.30. The zero-order valence-corrected chi connectivity index (χ0v) is 13.4. The average Bonchev–Trinajstić information content (AvgIpc) is 2.47. The minimum absolute atomic E-state index is 0.0125. The number of halogens is 1. The molecule has 3 nitrogen and oxygen atoms in total. The van der Waals surface area contributed by atoms with E-state index in [-0.39, 0.29) is 12.5 Å². The molecule has 0 fully saturated rings. The number of carbonyl (C=O) groups excluding carboxylic acids is 1. The van der Waals surface area contributed by atoms with E-state index >= 15 is 0 Å². The number of hydrogen-bond donors (Lipinski definition) is 1. The second-order valence-corrected chi connectivity index (χ2v) is 5.55. The maximum Gasteiger partial charge on any atom is 0.262 e. The van der Waals surface area contributed by atoms with Gasteiger partial charge >= 0.3 is 0 Å². The molecule has 1 amide bonds. The third-order valence-corrected chi connectivity index (χ3v) is 3.58. The fourth-order valence-electron chi connectivity index (χ4n) is 1.82. The Labute approximate surface area is 132 Å². The summed E-state index contributed by atoms with van der Waals surface area (Å²) in [7, 11) is 0. The number of anilines is 1. The summed E-state index contributed by atoms with van der Waals surface area (Å²) in [4.78, 5) is 11.9. The van der Waals surface area contributed by atoms with Crippen LogP contribution in [0.2, 0.25) is 0 Å². The SMILES string of the molecule is CCc1ccccc1NC(=O)COc1ccc(I)cc1. The van der Waals surface area contributed by atoms with E-state index in [9.17, 15) is 4.79 Å². The van der Waals surface area contributed by atoms with E-state index < -0.39 is 0 Å². The molecule has 0 aliphatic heterocycles. The van der Waals surface area contributed by atoms with Gasteiger partial charge in [0.05, 0.1) is 0 Å². The van der Waals surface area contributed by atoms with Crippen molar-refractivity contribution in [2.75, 3.05) is 11.9 Å². The van der Waals surface area contributed by atoms with E-state index in [1.807, 2.05) is 48.5 Å². The highest BCUT2D eigenvalue weighted by atomic mass is 127. The number of nitrogens with one attached hydrogen (secondary N) is 1. The molecule has 0 spiro atoms. The summed E-state index contributed by atoms with van der Waals surface area (Å²) in [5.74, 6) is 0.550. The molecule has 0 aromatic heterocycles. The van der Waals surface area contributed by atoms with E-state index in [0.29, 0.717) is 5.75 Å². The molecule has 4 heteroatoms. The number of para-hydroxylation sites is 1. The van der Waals surface area contributed by atoms with Crippen LogP contribution in [-0.4, -0.2) is 12.5 Å². The average molecular weight is 381 g/mol. The van der Waals surface area contributed by atoms with Crippen molar-refractivity contribution in [3.05, 3.63) is 57.7 Å². The minimum atomic E-state index is -0.149. The zero-order chi connectivity index (χ0) is 14.4. The van der Waals surface area contributed by atoms with Crippen LogP contribution in [-0.2, 0) is 11.2 Å². The monoisotopic (exact) mass is 381 g/mol. The number of rotatable bonds is 5. The van der Waals surface area contributed by atoms with Crippen LogP contribution in [0.3, 0.4) is 0 Å². The predicted molar refractivity (Wildman–Crippen MR) is 89.1 cm³/mol. The van der Waals surface area contributed by atoms with E-state index in [2.05, 4.69) is 34.8 Å². The maximum atomic E-state index is 11.9. The van der Waals surface area contributed by atoms with Crippen LogP contribution >= 0.6 is 22.6 Å². The second kappa shape index (κ2) is 7.28. The Morgan fingerprint density at radius 1 is 1.15 bits per heavy atom. The van der Waals surface area contributed by atoms with Gasteiger partial charge in [0.25, 0.3) is 5.91 Å². The smallest absolute Gasteiger partial charge is 0.262 e. The van der Waals surface area contributed by atoms with Crippen LogP contribution in [0.1, 0.15) is 12.5 Å². The molecule has 0 aliphatic rings. The minimum Gasteiger partial charge on any atom is -0.484 e. The molecule has 104 valence electrons. The highest BCUT2D eigenvalue weighted by Gasteiger charge is 2.06. The Hall–Kier alpha value is -1.56. The fraction of sp³-hybridized carbons (Fsp3) is 0.188. The van der Waals surface area contributed by atoms with Crippen molar-refractivity contribution in [3.63, 3.8) is 0 Å². The van der Waals surface area contributed by atoms with Gasteiger partial charge in [0.15, 0.2) is 6.61 Å². The first-order valence-electron chi connectivity index (χ1n) is 6.45. The van der Waals surface area contributed by atoms with Gasteiger partial charge in [-0.15, -0.1) is 0 Å². The lowest BCUT2D eigenvalue weighted by molar-refractivity contribution is -0.118. The van der Waals surface area contributed by atoms with Crippen molar-refractivity contribution in [1.29, 1.82) is 0 Å². The number of ether oxygens (including phenoxy) is 1. The molecule has 2 aromatic rings. The number of carbonyl (C=O) groups is 1. The lowest BCUT2D eigenvalue weighted by Crippen LogP contribution is -2.20. The number of hydrogen-bond acceptors (Lipinski definition) is 2. The van der Waals surface area contributed by atoms with Crippen LogP contribution < -0.4 is 10.1 Å². The van der Waals surface area contributed by atoms with Crippen molar-refractivity contribution in [1.82, 2.24) is 0 Å². The van der Waals surface area contributed by atoms with Crippen molar-refractivity contribution in [2.24, 2.45) is 0 Å². The summed E-state index contributed by atoms with van der Waals surface area (Å²) in [6, 6.07) is 15.4. The van der Waals surface area contributed by atoms with Crippen molar-refractivity contribution in [2.45, 2.75) is 13.3 Å². The van der Waals surface area contributed by atoms with Gasteiger partial charge in [-0.3, -0.25) is 4.79 Å². The third kappa shape index (κ3) is 4.23. The lowest BCUT2D eigenvalue weighted by atomic mass is 10.1. The molecule has 0 heterocycles. The van der Waals surface area contributed by atoms with E-state index in [1.165, 1.54) is 0 Å². The molecular formula is C16H16INO2. The first kappa shape index (κ1) is 14.8. The normalized spacial score (nSPS) is 10.1. The van der Waals surface area contributed by atoms with E-state index in [1.54, 1.807) is 0 Å². The van der Waals surface area contributed by atoms with Gasteiger partial charge in [-0.2, -0.15) is 0 Å². The molecular weight excluding hydrogens is 365 g/mol. The Bertz CT molecular complexity index is 581. The van der Waals surface area contributed by atoms with Gasteiger partial charge in [-0.1, -0.05) is 25.1 Å². The molecule has 2 aromatic carbocycles. The molecule has 0 bridgehead atoms. The highest BCUT2D eigenvalue weighted by Crippen LogP contribution is 2.16. The van der Waals surface area contributed by atoms with Crippen molar-refractivity contribution in [3.8, 4) is 5.75 Å². The Morgan fingerprint density at radius 2 is 1.85 bits per heavy atom. The summed E-state index contributed by atoms with van der Waals surface area (Å²) in [5, 5.41) is 2.88. The summed E-state index contributed by atoms with van der Waals surface area (Å²) in [6.45, 7) is 2.08. The summed E-state index contributed by atoms with van der Waals surface area (Å²) in [6.07, 6.45) is 0.883. The zero-order valence-electron chi connectivity index (χ0n) is 11.2. The predicted octanol–water partition coefficient (Wildman–Crippen LogP) is 3.87. The van der Waals surface area contributed by atoms with Gasteiger partial charge in [-0.25, -0.2) is 0 Å². The van der Waals surface area contributed by atoms with E-state index in [4.69, 9.17) is 4.74 Å². The quantitative estimate of drug-likeness (QED) is 0.799. The highest BCUT2D eigenvalue weighted by molar-refractivity contribution is 14.1. The van der Waals surface area contributed by atoms with Gasteiger partial charge in [0.1, 0.15) is 5.75 Å². The summed E-state index contributed by atoms with van der Waals surface area (Å²) < 4.78 is 6.59. The largest absolute Gasteiger partial charge is 0.484 e. The molecule has 0 aliphatic carbocycles. The van der Waals surface area contributed by atoms with Crippen molar-refractivity contribution < 1.29 is 9.53 Å². The molecule has 0 unspecified atom stereocenters. The number of aryl methyl sites for hydroxylation is 1. The first-order valence-corrected chi connectivity index (χ1v) is 7.53. The molecule has 2 rings (SSSR count). The molecule has 0 saturated heterocycles. The Kier molecular flexibility index (Phi) is 5.40. The summed E-state index contributed by atoms with van der Waals surface area (Å²) >= 11 is 2.23. The standard InChI is InChI=1S/C16H16INO2/c1-2-12-5-3-4-6-15(12)18-16(19)11-20-14-9-7-13(17)8-10-14/h3-10H,2,11H2,1H3,(H,18,19). The van der Waals surface area contributed by atoms with Crippen LogP contribution in [0.25, 0.3) is 0 Å². The molecule has 1 N–H and O–H groups in total. The van der Waals surface area contributed by atoms with Gasteiger partial charge < -0.3 is 10.1 Å². The topological polar surface area (TPSA) is 38.3 Å². The Morgan fingerprint density at radius 3 is 2.55 bits per heavy atom. The molecule has 20 heavy (non-hydrogen) atoms. The van der Waals surface area contributed by atoms with Crippen molar-refractivity contribution >= 4 is 34.2 Å². The van der Waals surface area contributed by atoms with Crippen LogP contribution in [0.15, 0.2) is 48.5 Å². The maximum absolute atomic E-state index is 11.9. The van der Waals surface area contributed by atoms with Gasteiger partial charge in [-0.05, 0) is 64.9 Å². The fourth-order valence-corrected chi connectivity index (χ4v) is 2.18. The van der Waals surface area contributed by atoms with Gasteiger partial charge in [0, 0.05) is 9.26 Å². The number of benzene rings is 2. The molecule has 0 atom stereocenters. The van der Waals surface area contributed by atoms with Crippen LogP contribution in [0.4, 0.5) is 5.69 Å². The molecule has 0 radical (unpaired) electrons. The van der Waals surface area contributed by atoms with E-state index in [0.717, 1.165) is 21.2 Å². The summed E-state index contributed by atoms with van der Waals surface area (Å²) in [5.41, 5.74) is 1.97.